The van der Waals surface area contributed by atoms with Crippen LogP contribution in [0.25, 0.3) is 0 Å². The van der Waals surface area contributed by atoms with Gasteiger partial charge in [-0.05, 0) is 24.8 Å². The van der Waals surface area contributed by atoms with Crippen molar-refractivity contribution in [1.82, 2.24) is 4.90 Å². The number of carbonyl (C=O) groups is 1. The molecular weight excluding hydrogens is 206 g/mol. The third-order valence-electron chi connectivity index (χ3n) is 3.43. The number of ether oxygens (including phenoxy) is 1. The molecule has 0 aliphatic carbocycles. The number of carboxylic acids is 1. The standard InChI is InChI=1S/C12H23NO3/c1-12(2)9-13(6-4-8-16-3)7-5-10(12)11(14)15/h10H,4-9H2,1-3H3,(H,14,15). The average Bonchev–Trinajstić information content (AvgIpc) is 2.16. The van der Waals surface area contributed by atoms with Gasteiger partial charge >= 0.3 is 5.97 Å². The Morgan fingerprint density at radius 3 is 2.75 bits per heavy atom. The molecule has 0 aromatic heterocycles. The van der Waals surface area contributed by atoms with E-state index in [0.717, 1.165) is 39.1 Å². The molecule has 0 aromatic carbocycles. The summed E-state index contributed by atoms with van der Waals surface area (Å²) in [5, 5.41) is 9.14. The van der Waals surface area contributed by atoms with Crippen molar-refractivity contribution >= 4 is 5.97 Å². The molecule has 1 fully saturated rings. The second-order valence-electron chi connectivity index (χ2n) is 5.29. The van der Waals surface area contributed by atoms with Gasteiger partial charge in [-0.3, -0.25) is 4.79 Å². The van der Waals surface area contributed by atoms with Crippen molar-refractivity contribution in [2.24, 2.45) is 11.3 Å². The van der Waals surface area contributed by atoms with Crippen molar-refractivity contribution in [3.05, 3.63) is 0 Å². The van der Waals surface area contributed by atoms with E-state index in [2.05, 4.69) is 4.90 Å². The van der Waals surface area contributed by atoms with Gasteiger partial charge in [0.25, 0.3) is 0 Å². The molecule has 1 N–H and O–H groups in total. The minimum atomic E-state index is -0.651. The molecule has 0 amide bonds. The Morgan fingerprint density at radius 2 is 2.25 bits per heavy atom. The van der Waals surface area contributed by atoms with Crippen molar-refractivity contribution in [3.8, 4) is 0 Å². The summed E-state index contributed by atoms with van der Waals surface area (Å²) in [4.78, 5) is 13.4. The first-order valence-corrected chi connectivity index (χ1v) is 5.91. The lowest BCUT2D eigenvalue weighted by Crippen LogP contribution is -2.48. The topological polar surface area (TPSA) is 49.8 Å². The number of nitrogens with zero attached hydrogens (tertiary/aromatic N) is 1. The average molecular weight is 229 g/mol. The second-order valence-corrected chi connectivity index (χ2v) is 5.29. The minimum Gasteiger partial charge on any atom is -0.481 e. The molecule has 1 saturated heterocycles. The smallest absolute Gasteiger partial charge is 0.307 e. The van der Waals surface area contributed by atoms with Gasteiger partial charge in [-0.25, -0.2) is 0 Å². The van der Waals surface area contributed by atoms with Crippen LogP contribution in [0.5, 0.6) is 0 Å². The third kappa shape index (κ3) is 3.46. The highest BCUT2D eigenvalue weighted by molar-refractivity contribution is 5.71. The van der Waals surface area contributed by atoms with E-state index >= 15 is 0 Å². The lowest BCUT2D eigenvalue weighted by molar-refractivity contribution is -0.149. The number of hydrogen-bond acceptors (Lipinski definition) is 3. The Kier molecular flexibility index (Phi) is 4.74. The van der Waals surface area contributed by atoms with E-state index in [9.17, 15) is 4.79 Å². The van der Waals surface area contributed by atoms with E-state index in [1.165, 1.54) is 0 Å². The summed E-state index contributed by atoms with van der Waals surface area (Å²) in [7, 11) is 1.71. The molecule has 4 nitrogen and oxygen atoms in total. The molecule has 1 heterocycles. The van der Waals surface area contributed by atoms with Gasteiger partial charge in [0.1, 0.15) is 0 Å². The molecule has 0 bridgehead atoms. The van der Waals surface area contributed by atoms with Gasteiger partial charge in [0, 0.05) is 26.8 Å². The van der Waals surface area contributed by atoms with Gasteiger partial charge in [-0.1, -0.05) is 13.8 Å². The van der Waals surface area contributed by atoms with Gasteiger partial charge in [0.2, 0.25) is 0 Å². The molecule has 4 heteroatoms. The Bertz CT molecular complexity index is 240. The summed E-state index contributed by atoms with van der Waals surface area (Å²) in [6.45, 7) is 7.64. The molecule has 1 rings (SSSR count). The van der Waals surface area contributed by atoms with Gasteiger partial charge < -0.3 is 14.7 Å². The Morgan fingerprint density at radius 1 is 1.56 bits per heavy atom. The van der Waals surface area contributed by atoms with Gasteiger partial charge in [0.05, 0.1) is 5.92 Å². The number of hydrogen-bond donors (Lipinski definition) is 1. The number of carboxylic acid groups (broad SMARTS) is 1. The van der Waals surface area contributed by atoms with E-state index in [-0.39, 0.29) is 11.3 Å². The molecule has 1 atom stereocenters. The van der Waals surface area contributed by atoms with Crippen LogP contribution in [0.2, 0.25) is 0 Å². The van der Waals surface area contributed by atoms with Crippen LogP contribution in [0, 0.1) is 11.3 Å². The first-order valence-electron chi connectivity index (χ1n) is 5.91. The van der Waals surface area contributed by atoms with Crippen molar-refractivity contribution < 1.29 is 14.6 Å². The zero-order valence-corrected chi connectivity index (χ0v) is 10.5. The maximum absolute atomic E-state index is 11.1. The van der Waals surface area contributed by atoms with E-state index < -0.39 is 5.97 Å². The Labute approximate surface area is 97.6 Å². The first kappa shape index (κ1) is 13.5. The Balaban J connectivity index is 2.44. The summed E-state index contributed by atoms with van der Waals surface area (Å²) in [5.41, 5.74) is -0.128. The van der Waals surface area contributed by atoms with Gasteiger partial charge in [-0.15, -0.1) is 0 Å². The van der Waals surface area contributed by atoms with Gasteiger partial charge in [0.15, 0.2) is 0 Å². The van der Waals surface area contributed by atoms with E-state index in [4.69, 9.17) is 9.84 Å². The quantitative estimate of drug-likeness (QED) is 0.725. The summed E-state index contributed by atoms with van der Waals surface area (Å²) in [6, 6.07) is 0. The van der Waals surface area contributed by atoms with Crippen LogP contribution in [-0.4, -0.2) is 49.3 Å². The molecular formula is C12H23NO3. The van der Waals surface area contributed by atoms with E-state index in [1.54, 1.807) is 7.11 Å². The van der Waals surface area contributed by atoms with Crippen LogP contribution in [0.3, 0.4) is 0 Å². The highest BCUT2D eigenvalue weighted by atomic mass is 16.5. The summed E-state index contributed by atoms with van der Waals surface area (Å²) < 4.78 is 5.02. The summed E-state index contributed by atoms with van der Waals surface area (Å²) in [5.74, 6) is -0.854. The number of methoxy groups -OCH3 is 1. The highest BCUT2D eigenvalue weighted by Crippen LogP contribution is 2.34. The molecule has 1 aliphatic heterocycles. The van der Waals surface area contributed by atoms with Crippen LogP contribution in [0.1, 0.15) is 26.7 Å². The highest BCUT2D eigenvalue weighted by Gasteiger charge is 2.39. The minimum absolute atomic E-state index is 0.128. The zero-order chi connectivity index (χ0) is 12.2. The lowest BCUT2D eigenvalue weighted by atomic mass is 9.74. The molecule has 0 saturated carbocycles. The molecule has 0 aromatic rings. The SMILES string of the molecule is COCCCN1CCC(C(=O)O)C(C)(C)C1. The summed E-state index contributed by atoms with van der Waals surface area (Å²) >= 11 is 0. The molecule has 0 radical (unpaired) electrons. The largest absolute Gasteiger partial charge is 0.481 e. The maximum Gasteiger partial charge on any atom is 0.307 e. The predicted octanol–water partition coefficient (Wildman–Crippen LogP) is 1.46. The van der Waals surface area contributed by atoms with Crippen molar-refractivity contribution in [2.75, 3.05) is 33.4 Å². The van der Waals surface area contributed by atoms with E-state index in [1.807, 2.05) is 13.8 Å². The maximum atomic E-state index is 11.1. The third-order valence-corrected chi connectivity index (χ3v) is 3.43. The number of rotatable bonds is 5. The Hall–Kier alpha value is -0.610. The van der Waals surface area contributed by atoms with E-state index in [0.29, 0.717) is 0 Å². The number of aliphatic carboxylic acids is 1. The van der Waals surface area contributed by atoms with Crippen LogP contribution in [0.15, 0.2) is 0 Å². The fourth-order valence-corrected chi connectivity index (χ4v) is 2.55. The fraction of sp³-hybridized carbons (Fsp3) is 0.917. The van der Waals surface area contributed by atoms with Crippen molar-refractivity contribution in [3.63, 3.8) is 0 Å². The monoisotopic (exact) mass is 229 g/mol. The summed E-state index contributed by atoms with van der Waals surface area (Å²) in [6.07, 6.45) is 1.78. The second kappa shape index (κ2) is 5.64. The van der Waals surface area contributed by atoms with Crippen LogP contribution in [-0.2, 0) is 9.53 Å². The molecule has 94 valence electrons. The van der Waals surface area contributed by atoms with Crippen LogP contribution < -0.4 is 0 Å². The number of piperidine rings is 1. The molecule has 0 spiro atoms. The van der Waals surface area contributed by atoms with Crippen molar-refractivity contribution in [1.29, 1.82) is 0 Å². The lowest BCUT2D eigenvalue weighted by Gasteiger charge is -2.42. The normalized spacial score (nSPS) is 25.6. The van der Waals surface area contributed by atoms with Crippen LogP contribution >= 0.6 is 0 Å². The van der Waals surface area contributed by atoms with Gasteiger partial charge in [-0.2, -0.15) is 0 Å². The molecule has 1 unspecified atom stereocenters. The first-order chi connectivity index (χ1) is 7.47. The zero-order valence-electron chi connectivity index (χ0n) is 10.5. The fourth-order valence-electron chi connectivity index (χ4n) is 2.55. The van der Waals surface area contributed by atoms with Crippen LogP contribution in [0.4, 0.5) is 0 Å². The molecule has 1 aliphatic rings. The van der Waals surface area contributed by atoms with Crippen molar-refractivity contribution in [2.45, 2.75) is 26.7 Å². The molecule has 16 heavy (non-hydrogen) atoms. The predicted molar refractivity (Wildman–Crippen MR) is 62.5 cm³/mol. The number of likely N-dealkylation sites (tertiary alicyclic amines) is 1.